The van der Waals surface area contributed by atoms with Crippen LogP contribution in [0.3, 0.4) is 0 Å². The number of benzene rings is 2. The van der Waals surface area contributed by atoms with E-state index in [4.69, 9.17) is 0 Å². The number of carboxylic acid groups (broad SMARTS) is 1. The zero-order valence-corrected chi connectivity index (χ0v) is 17.0. The average Bonchev–Trinajstić information content (AvgIpc) is 2.95. The smallest absolute Gasteiger partial charge is 0.323 e. The Labute approximate surface area is 172 Å². The molecule has 0 unspecified atom stereocenters. The van der Waals surface area contributed by atoms with E-state index in [0.717, 1.165) is 31.7 Å². The number of carbonyl (C=O) groups is 2. The van der Waals surface area contributed by atoms with Crippen molar-refractivity contribution in [3.63, 3.8) is 0 Å². The number of aliphatic carboxylic acids is 1. The van der Waals surface area contributed by atoms with Crippen LogP contribution in [-0.2, 0) is 16.1 Å². The number of para-hydroxylation sites is 1. The van der Waals surface area contributed by atoms with Crippen LogP contribution < -0.4 is 4.90 Å². The molecule has 0 bridgehead atoms. The molecule has 0 aromatic heterocycles. The van der Waals surface area contributed by atoms with Crippen LogP contribution in [-0.4, -0.2) is 66.1 Å². The number of hydrogen-bond acceptors (Lipinski definition) is 4. The van der Waals surface area contributed by atoms with Crippen LogP contribution in [0, 0.1) is 6.92 Å². The fraction of sp³-hybridized carbons (Fsp3) is 0.391. The molecule has 1 aliphatic heterocycles. The van der Waals surface area contributed by atoms with Crippen LogP contribution in [0.4, 0.5) is 5.69 Å². The molecule has 3 rings (SSSR count). The monoisotopic (exact) mass is 395 g/mol. The van der Waals surface area contributed by atoms with Crippen molar-refractivity contribution >= 4 is 17.6 Å². The van der Waals surface area contributed by atoms with Gasteiger partial charge in [-0.2, -0.15) is 0 Å². The first-order valence-electron chi connectivity index (χ1n) is 10.1. The summed E-state index contributed by atoms with van der Waals surface area (Å²) in [5.41, 5.74) is 3.29. The maximum Gasteiger partial charge on any atom is 0.323 e. The van der Waals surface area contributed by atoms with Crippen LogP contribution in [0.15, 0.2) is 54.6 Å². The third kappa shape index (κ3) is 6.32. The number of rotatable bonds is 7. The standard InChI is InChI=1S/C23H29N3O3/c1-19-8-10-20(11-9-19)16-24-12-5-13-25(15-14-24)22(27)17-26(18-23(28)29)21-6-3-2-4-7-21/h2-4,6-11H,5,12-18H2,1H3,(H,28,29). The summed E-state index contributed by atoms with van der Waals surface area (Å²) in [7, 11) is 0. The molecule has 0 aliphatic carbocycles. The summed E-state index contributed by atoms with van der Waals surface area (Å²) in [6.07, 6.45) is 0.919. The van der Waals surface area contributed by atoms with Gasteiger partial charge in [-0.25, -0.2) is 0 Å². The molecule has 2 aromatic rings. The minimum atomic E-state index is -0.943. The predicted molar refractivity (Wildman–Crippen MR) is 114 cm³/mol. The highest BCUT2D eigenvalue weighted by atomic mass is 16.4. The van der Waals surface area contributed by atoms with E-state index in [1.54, 1.807) is 4.90 Å². The fourth-order valence-corrected chi connectivity index (χ4v) is 3.63. The Balaban J connectivity index is 1.57. The third-order valence-corrected chi connectivity index (χ3v) is 5.24. The van der Waals surface area contributed by atoms with Gasteiger partial charge in [0.2, 0.25) is 5.91 Å². The summed E-state index contributed by atoms with van der Waals surface area (Å²) in [5, 5.41) is 9.23. The van der Waals surface area contributed by atoms with Gasteiger partial charge in [-0.15, -0.1) is 0 Å². The Hall–Kier alpha value is -2.86. The molecule has 0 saturated carbocycles. The topological polar surface area (TPSA) is 64.1 Å². The van der Waals surface area contributed by atoms with Crippen molar-refractivity contribution in [1.82, 2.24) is 9.80 Å². The molecule has 1 N–H and O–H groups in total. The van der Waals surface area contributed by atoms with Crippen LogP contribution in [0.2, 0.25) is 0 Å². The molecule has 1 aliphatic rings. The molecular formula is C23H29N3O3. The van der Waals surface area contributed by atoms with Gasteiger partial charge in [-0.1, -0.05) is 48.0 Å². The maximum absolute atomic E-state index is 12.9. The number of amides is 1. The molecule has 1 amide bonds. The quantitative estimate of drug-likeness (QED) is 0.781. The summed E-state index contributed by atoms with van der Waals surface area (Å²) in [5.74, 6) is -0.964. The second-order valence-corrected chi connectivity index (χ2v) is 7.58. The number of hydrogen-bond donors (Lipinski definition) is 1. The molecule has 1 fully saturated rings. The Bertz CT molecular complexity index is 808. The third-order valence-electron chi connectivity index (χ3n) is 5.24. The van der Waals surface area contributed by atoms with Crippen molar-refractivity contribution in [2.24, 2.45) is 0 Å². The van der Waals surface area contributed by atoms with Crippen molar-refractivity contribution in [2.45, 2.75) is 19.9 Å². The highest BCUT2D eigenvalue weighted by Gasteiger charge is 2.22. The van der Waals surface area contributed by atoms with Gasteiger partial charge < -0.3 is 14.9 Å². The number of carboxylic acids is 1. The predicted octanol–water partition coefficient (Wildman–Crippen LogP) is 2.62. The summed E-state index contributed by atoms with van der Waals surface area (Å²) in [6.45, 7) is 6.01. The van der Waals surface area contributed by atoms with Gasteiger partial charge >= 0.3 is 5.97 Å². The normalized spacial score (nSPS) is 15.0. The molecule has 0 radical (unpaired) electrons. The Morgan fingerprint density at radius 1 is 0.931 bits per heavy atom. The molecule has 0 atom stereocenters. The maximum atomic E-state index is 12.9. The van der Waals surface area contributed by atoms with Crippen LogP contribution in [0.1, 0.15) is 17.5 Å². The molecule has 6 heteroatoms. The molecule has 6 nitrogen and oxygen atoms in total. The largest absolute Gasteiger partial charge is 0.480 e. The van der Waals surface area contributed by atoms with E-state index < -0.39 is 5.97 Å². The van der Waals surface area contributed by atoms with E-state index in [-0.39, 0.29) is 19.0 Å². The van der Waals surface area contributed by atoms with Gasteiger partial charge in [0.1, 0.15) is 6.54 Å². The van der Waals surface area contributed by atoms with Gasteiger partial charge in [0.05, 0.1) is 6.54 Å². The lowest BCUT2D eigenvalue weighted by Crippen LogP contribution is -2.43. The van der Waals surface area contributed by atoms with Gasteiger partial charge in [0.25, 0.3) is 0 Å². The number of aryl methyl sites for hydroxylation is 1. The van der Waals surface area contributed by atoms with E-state index in [9.17, 15) is 14.7 Å². The second kappa shape index (κ2) is 10.1. The van der Waals surface area contributed by atoms with Gasteiger partial charge in [-0.3, -0.25) is 14.5 Å². The zero-order chi connectivity index (χ0) is 20.6. The Morgan fingerprint density at radius 2 is 1.66 bits per heavy atom. The van der Waals surface area contributed by atoms with Crippen LogP contribution in [0.5, 0.6) is 0 Å². The summed E-state index contributed by atoms with van der Waals surface area (Å²) in [6, 6.07) is 17.8. The second-order valence-electron chi connectivity index (χ2n) is 7.58. The van der Waals surface area contributed by atoms with E-state index >= 15 is 0 Å². The summed E-state index contributed by atoms with van der Waals surface area (Å²) < 4.78 is 0. The van der Waals surface area contributed by atoms with E-state index in [1.165, 1.54) is 11.1 Å². The molecule has 0 spiro atoms. The van der Waals surface area contributed by atoms with Crippen molar-refractivity contribution < 1.29 is 14.7 Å². The van der Waals surface area contributed by atoms with E-state index in [2.05, 4.69) is 36.1 Å². The first-order valence-corrected chi connectivity index (χ1v) is 10.1. The highest BCUT2D eigenvalue weighted by molar-refractivity contribution is 5.84. The van der Waals surface area contributed by atoms with Gasteiger partial charge in [0.15, 0.2) is 0 Å². The van der Waals surface area contributed by atoms with Crippen LogP contribution in [0.25, 0.3) is 0 Å². The Kier molecular flexibility index (Phi) is 7.25. The molecular weight excluding hydrogens is 366 g/mol. The first-order chi connectivity index (χ1) is 14.0. The lowest BCUT2D eigenvalue weighted by atomic mass is 10.1. The molecule has 2 aromatic carbocycles. The zero-order valence-electron chi connectivity index (χ0n) is 17.0. The Morgan fingerprint density at radius 3 is 2.34 bits per heavy atom. The van der Waals surface area contributed by atoms with E-state index in [0.29, 0.717) is 13.1 Å². The minimum Gasteiger partial charge on any atom is -0.480 e. The lowest BCUT2D eigenvalue weighted by molar-refractivity contribution is -0.135. The SMILES string of the molecule is Cc1ccc(CN2CCCN(C(=O)CN(CC(=O)O)c3ccccc3)CC2)cc1. The molecule has 29 heavy (non-hydrogen) atoms. The van der Waals surface area contributed by atoms with Crippen molar-refractivity contribution in [2.75, 3.05) is 44.2 Å². The number of anilines is 1. The van der Waals surface area contributed by atoms with Crippen molar-refractivity contribution in [3.8, 4) is 0 Å². The number of carbonyl (C=O) groups excluding carboxylic acids is 1. The van der Waals surface area contributed by atoms with Gasteiger partial charge in [-0.05, 0) is 31.0 Å². The van der Waals surface area contributed by atoms with Crippen molar-refractivity contribution in [3.05, 3.63) is 65.7 Å². The summed E-state index contributed by atoms with van der Waals surface area (Å²) >= 11 is 0. The fourth-order valence-electron chi connectivity index (χ4n) is 3.63. The van der Waals surface area contributed by atoms with Crippen molar-refractivity contribution in [1.29, 1.82) is 0 Å². The molecule has 154 valence electrons. The summed E-state index contributed by atoms with van der Waals surface area (Å²) in [4.78, 5) is 30.0. The molecule has 1 heterocycles. The lowest BCUT2D eigenvalue weighted by Gasteiger charge is -2.27. The minimum absolute atomic E-state index is 0.0210. The average molecular weight is 396 g/mol. The first kappa shape index (κ1) is 20.9. The van der Waals surface area contributed by atoms with E-state index in [1.807, 2.05) is 35.2 Å². The molecule has 1 saturated heterocycles. The highest BCUT2D eigenvalue weighted by Crippen LogP contribution is 2.15. The van der Waals surface area contributed by atoms with Gasteiger partial charge in [0, 0.05) is 38.4 Å². The number of nitrogens with zero attached hydrogens (tertiary/aromatic N) is 3. The van der Waals surface area contributed by atoms with Crippen LogP contribution >= 0.6 is 0 Å².